The summed E-state index contributed by atoms with van der Waals surface area (Å²) in [6.07, 6.45) is 0. The van der Waals surface area contributed by atoms with Crippen LogP contribution >= 0.6 is 15.9 Å². The van der Waals surface area contributed by atoms with Gasteiger partial charge >= 0.3 is 0 Å². The van der Waals surface area contributed by atoms with Crippen LogP contribution in [-0.4, -0.2) is 25.1 Å². The number of aliphatic carboxylic acids is 1. The Morgan fingerprint density at radius 3 is 2.46 bits per heavy atom. The van der Waals surface area contributed by atoms with E-state index >= 15 is 0 Å². The molecule has 6 nitrogen and oxygen atoms in total. The Morgan fingerprint density at radius 2 is 1.83 bits per heavy atom. The van der Waals surface area contributed by atoms with Crippen LogP contribution < -0.4 is 19.9 Å². The predicted octanol–water partition coefficient (Wildman–Crippen LogP) is 2.23. The van der Waals surface area contributed by atoms with E-state index in [0.717, 1.165) is 4.47 Å². The van der Waals surface area contributed by atoms with Crippen molar-refractivity contribution in [2.24, 2.45) is 0 Å². The number of nitrogens with one attached hydrogen (secondary N) is 1. The number of amides is 1. The summed E-state index contributed by atoms with van der Waals surface area (Å²) < 4.78 is 11.2. The van der Waals surface area contributed by atoms with Gasteiger partial charge in [-0.3, -0.25) is 4.79 Å². The average Bonchev–Trinajstić information content (AvgIpc) is 2.56. The van der Waals surface area contributed by atoms with E-state index in [2.05, 4.69) is 21.2 Å². The predicted molar refractivity (Wildman–Crippen MR) is 90.2 cm³/mol. The van der Waals surface area contributed by atoms with Gasteiger partial charge in [-0.25, -0.2) is 0 Å². The summed E-state index contributed by atoms with van der Waals surface area (Å²) in [5.41, 5.74) is 0.951. The van der Waals surface area contributed by atoms with E-state index in [-0.39, 0.29) is 5.91 Å². The number of rotatable bonds is 7. The standard InChI is InChI=1S/C17H16BrNO5/c1-2-23-15-8-3-11(18)9-14(15)17(22)19-12-4-6-13(7-5-12)24-10-16(20)21/h3-9H,2,10H2,1H3,(H,19,22)(H,20,21)/p-1. The summed E-state index contributed by atoms with van der Waals surface area (Å²) in [5.74, 6) is -0.754. The lowest BCUT2D eigenvalue weighted by molar-refractivity contribution is -0.307. The molecular formula is C17H15BrNO5-. The molecule has 0 heterocycles. The van der Waals surface area contributed by atoms with Crippen molar-refractivity contribution in [2.45, 2.75) is 6.92 Å². The van der Waals surface area contributed by atoms with E-state index in [1.165, 1.54) is 0 Å². The molecule has 0 atom stereocenters. The first-order valence-electron chi connectivity index (χ1n) is 7.16. The molecule has 24 heavy (non-hydrogen) atoms. The molecule has 0 spiro atoms. The van der Waals surface area contributed by atoms with E-state index in [1.807, 2.05) is 6.92 Å². The highest BCUT2D eigenvalue weighted by atomic mass is 79.9. The van der Waals surface area contributed by atoms with Gasteiger partial charge in [0.15, 0.2) is 0 Å². The van der Waals surface area contributed by atoms with Crippen LogP contribution in [0.2, 0.25) is 0 Å². The Bertz CT molecular complexity index is 730. The van der Waals surface area contributed by atoms with Gasteiger partial charge < -0.3 is 24.7 Å². The summed E-state index contributed by atoms with van der Waals surface area (Å²) in [7, 11) is 0. The van der Waals surface area contributed by atoms with Crippen LogP contribution in [0.15, 0.2) is 46.9 Å². The number of carbonyl (C=O) groups is 2. The zero-order valence-corrected chi connectivity index (χ0v) is 14.5. The highest BCUT2D eigenvalue weighted by Gasteiger charge is 2.13. The first kappa shape index (κ1) is 17.8. The molecule has 0 saturated carbocycles. The van der Waals surface area contributed by atoms with Crippen LogP contribution in [0.1, 0.15) is 17.3 Å². The van der Waals surface area contributed by atoms with Gasteiger partial charge in [0.1, 0.15) is 18.1 Å². The summed E-state index contributed by atoms with van der Waals surface area (Å²) in [5, 5.41) is 13.1. The monoisotopic (exact) mass is 392 g/mol. The van der Waals surface area contributed by atoms with Gasteiger partial charge in [0.25, 0.3) is 5.91 Å². The SMILES string of the molecule is CCOc1ccc(Br)cc1C(=O)Nc1ccc(OCC(=O)[O-])cc1. The van der Waals surface area contributed by atoms with Crippen molar-refractivity contribution in [1.82, 2.24) is 0 Å². The van der Waals surface area contributed by atoms with Gasteiger partial charge in [-0.2, -0.15) is 0 Å². The highest BCUT2D eigenvalue weighted by Crippen LogP contribution is 2.25. The third-order valence-electron chi connectivity index (χ3n) is 2.95. The molecule has 0 fully saturated rings. The summed E-state index contributed by atoms with van der Waals surface area (Å²) in [4.78, 5) is 22.8. The first-order valence-corrected chi connectivity index (χ1v) is 7.95. The molecule has 2 rings (SSSR count). The Hall–Kier alpha value is -2.54. The summed E-state index contributed by atoms with van der Waals surface area (Å²) in [6.45, 7) is 1.77. The quantitative estimate of drug-likeness (QED) is 0.780. The van der Waals surface area contributed by atoms with Crippen LogP contribution in [0.25, 0.3) is 0 Å². The molecule has 2 aromatic carbocycles. The second kappa shape index (κ2) is 8.35. The smallest absolute Gasteiger partial charge is 0.259 e. The van der Waals surface area contributed by atoms with Crippen LogP contribution in [0.4, 0.5) is 5.69 Å². The molecule has 126 valence electrons. The van der Waals surface area contributed by atoms with Crippen molar-refractivity contribution in [3.05, 3.63) is 52.5 Å². The maximum Gasteiger partial charge on any atom is 0.259 e. The molecule has 0 bridgehead atoms. The van der Waals surface area contributed by atoms with Gasteiger partial charge in [0.2, 0.25) is 0 Å². The zero-order valence-electron chi connectivity index (χ0n) is 12.9. The lowest BCUT2D eigenvalue weighted by atomic mass is 10.2. The molecule has 7 heteroatoms. The van der Waals surface area contributed by atoms with Crippen LogP contribution in [0.3, 0.4) is 0 Å². The molecule has 0 aliphatic carbocycles. The number of anilines is 1. The van der Waals surface area contributed by atoms with Gasteiger partial charge in [-0.05, 0) is 49.4 Å². The van der Waals surface area contributed by atoms with Crippen LogP contribution in [0.5, 0.6) is 11.5 Å². The van der Waals surface area contributed by atoms with Gasteiger partial charge in [0.05, 0.1) is 18.1 Å². The molecule has 0 aromatic heterocycles. The van der Waals surface area contributed by atoms with E-state index < -0.39 is 12.6 Å². The minimum atomic E-state index is -1.30. The van der Waals surface area contributed by atoms with E-state index in [1.54, 1.807) is 42.5 Å². The number of hydrogen-bond acceptors (Lipinski definition) is 5. The third kappa shape index (κ3) is 4.99. The van der Waals surface area contributed by atoms with Crippen molar-refractivity contribution in [3.63, 3.8) is 0 Å². The molecule has 2 aromatic rings. The van der Waals surface area contributed by atoms with Gasteiger partial charge in [-0.15, -0.1) is 0 Å². The van der Waals surface area contributed by atoms with Crippen molar-refractivity contribution in [2.75, 3.05) is 18.5 Å². The largest absolute Gasteiger partial charge is 0.546 e. The molecule has 0 aliphatic rings. The maximum atomic E-state index is 12.4. The Kier molecular flexibility index (Phi) is 6.20. The van der Waals surface area contributed by atoms with E-state index in [4.69, 9.17) is 9.47 Å². The van der Waals surface area contributed by atoms with Crippen molar-refractivity contribution >= 4 is 33.5 Å². The normalized spacial score (nSPS) is 10.1. The Morgan fingerprint density at radius 1 is 1.12 bits per heavy atom. The van der Waals surface area contributed by atoms with Gasteiger partial charge in [-0.1, -0.05) is 15.9 Å². The highest BCUT2D eigenvalue weighted by molar-refractivity contribution is 9.10. The summed E-state index contributed by atoms with van der Waals surface area (Å²) in [6, 6.07) is 11.5. The first-order chi connectivity index (χ1) is 11.5. The Labute approximate surface area is 147 Å². The minimum Gasteiger partial charge on any atom is -0.546 e. The third-order valence-corrected chi connectivity index (χ3v) is 3.45. The second-order valence-electron chi connectivity index (χ2n) is 4.71. The zero-order chi connectivity index (χ0) is 17.5. The topological polar surface area (TPSA) is 87.7 Å². The van der Waals surface area contributed by atoms with Crippen LogP contribution in [-0.2, 0) is 4.79 Å². The lowest BCUT2D eigenvalue weighted by Crippen LogP contribution is -2.28. The van der Waals surface area contributed by atoms with Crippen molar-refractivity contribution in [1.29, 1.82) is 0 Å². The van der Waals surface area contributed by atoms with Gasteiger partial charge in [0, 0.05) is 10.2 Å². The molecule has 0 unspecified atom stereocenters. The second-order valence-corrected chi connectivity index (χ2v) is 5.63. The van der Waals surface area contributed by atoms with Crippen molar-refractivity contribution in [3.8, 4) is 11.5 Å². The number of carboxylic acid groups (broad SMARTS) is 1. The fourth-order valence-corrected chi connectivity index (χ4v) is 2.30. The number of hydrogen-bond donors (Lipinski definition) is 1. The van der Waals surface area contributed by atoms with E-state index in [9.17, 15) is 14.7 Å². The molecule has 1 amide bonds. The molecular weight excluding hydrogens is 378 g/mol. The number of benzene rings is 2. The molecule has 0 radical (unpaired) electrons. The van der Waals surface area contributed by atoms with E-state index in [0.29, 0.717) is 29.4 Å². The number of halogens is 1. The van der Waals surface area contributed by atoms with Crippen LogP contribution in [0, 0.1) is 0 Å². The minimum absolute atomic E-state index is 0.317. The molecule has 1 N–H and O–H groups in total. The van der Waals surface area contributed by atoms with Crippen molar-refractivity contribution < 1.29 is 24.2 Å². The maximum absolute atomic E-state index is 12.4. The number of carboxylic acids is 1. The fraction of sp³-hybridized carbons (Fsp3) is 0.176. The summed E-state index contributed by atoms with van der Waals surface area (Å²) >= 11 is 3.33. The average molecular weight is 393 g/mol. The number of ether oxygens (including phenoxy) is 2. The molecule has 0 saturated heterocycles. The molecule has 0 aliphatic heterocycles. The fourth-order valence-electron chi connectivity index (χ4n) is 1.94. The number of carbonyl (C=O) groups excluding carboxylic acids is 2. The Balaban J connectivity index is 2.09. The lowest BCUT2D eigenvalue weighted by Gasteiger charge is -2.12.